The molecule has 132 valence electrons. The van der Waals surface area contributed by atoms with Gasteiger partial charge in [0.1, 0.15) is 11.5 Å². The summed E-state index contributed by atoms with van der Waals surface area (Å²) in [4.78, 5) is 22.5. The van der Waals surface area contributed by atoms with Crippen molar-refractivity contribution < 1.29 is 28.9 Å². The Hall–Kier alpha value is -2.50. The van der Waals surface area contributed by atoms with Crippen molar-refractivity contribution in [2.24, 2.45) is 0 Å². The number of rotatable bonds is 10. The molecule has 1 N–H and O–H groups in total. The van der Waals surface area contributed by atoms with Crippen LogP contribution in [0.4, 0.5) is 0 Å². The van der Waals surface area contributed by atoms with Crippen LogP contribution in [0.2, 0.25) is 0 Å². The van der Waals surface area contributed by atoms with E-state index in [0.29, 0.717) is 50.4 Å². The molecule has 0 aliphatic carbocycles. The summed E-state index contributed by atoms with van der Waals surface area (Å²) in [7, 11) is 0. The number of carbonyl (C=O) groups is 2. The van der Waals surface area contributed by atoms with E-state index < -0.39 is 5.97 Å². The fourth-order valence-corrected chi connectivity index (χ4v) is 1.90. The Bertz CT molecular complexity index is 565. The predicted octanol–water partition coefficient (Wildman–Crippen LogP) is 3.08. The number of carbonyl (C=O) groups excluding carboxylic acids is 2. The van der Waals surface area contributed by atoms with Gasteiger partial charge in [0.05, 0.1) is 19.8 Å². The molecular weight excluding hydrogens is 312 g/mol. The summed E-state index contributed by atoms with van der Waals surface area (Å²) in [5.41, 5.74) is 0.465. The van der Waals surface area contributed by atoms with E-state index in [1.165, 1.54) is 18.2 Å². The molecule has 0 heterocycles. The van der Waals surface area contributed by atoms with E-state index in [0.717, 1.165) is 0 Å². The average molecular weight is 336 g/mol. The highest BCUT2D eigenvalue weighted by Crippen LogP contribution is 2.24. The van der Waals surface area contributed by atoms with E-state index in [1.807, 2.05) is 0 Å². The van der Waals surface area contributed by atoms with Gasteiger partial charge in [-0.25, -0.2) is 4.79 Å². The third kappa shape index (κ3) is 7.67. The van der Waals surface area contributed by atoms with Gasteiger partial charge in [-0.15, -0.1) is 0 Å². The lowest BCUT2D eigenvalue weighted by atomic mass is 10.1. The van der Waals surface area contributed by atoms with Crippen LogP contribution in [0.1, 0.15) is 38.7 Å². The Balaban J connectivity index is 2.45. The maximum atomic E-state index is 11.3. The quantitative estimate of drug-likeness (QED) is 0.402. The molecule has 1 aromatic rings. The summed E-state index contributed by atoms with van der Waals surface area (Å²) < 4.78 is 15.2. The number of aromatic hydroxyl groups is 1. The molecule has 0 aliphatic rings. The van der Waals surface area contributed by atoms with Gasteiger partial charge in [-0.1, -0.05) is 0 Å². The maximum absolute atomic E-state index is 11.3. The molecule has 0 spiro atoms. The Kier molecular flexibility index (Phi) is 9.04. The van der Waals surface area contributed by atoms with Crippen molar-refractivity contribution in [3.8, 4) is 11.5 Å². The topological polar surface area (TPSA) is 82.1 Å². The monoisotopic (exact) mass is 336 g/mol. The summed E-state index contributed by atoms with van der Waals surface area (Å²) in [6.45, 7) is 4.64. The van der Waals surface area contributed by atoms with Gasteiger partial charge in [0, 0.05) is 18.1 Å². The molecule has 0 fully saturated rings. The van der Waals surface area contributed by atoms with Gasteiger partial charge >= 0.3 is 11.9 Å². The van der Waals surface area contributed by atoms with Crippen LogP contribution in [0.15, 0.2) is 24.3 Å². The minimum Gasteiger partial charge on any atom is -0.507 e. The Morgan fingerprint density at radius 1 is 1.12 bits per heavy atom. The number of phenolic OH excluding ortho intramolecular Hbond substituents is 1. The second kappa shape index (κ2) is 11.1. The number of ether oxygens (including phenoxy) is 3. The fraction of sp³-hybridized carbons (Fsp3) is 0.444. The molecule has 1 rings (SSSR count). The Morgan fingerprint density at radius 3 is 2.58 bits per heavy atom. The van der Waals surface area contributed by atoms with Crippen molar-refractivity contribution in [2.45, 2.75) is 33.1 Å². The second-order valence-corrected chi connectivity index (χ2v) is 4.92. The first-order chi connectivity index (χ1) is 11.6. The highest BCUT2D eigenvalue weighted by Gasteiger charge is 2.04. The van der Waals surface area contributed by atoms with Crippen molar-refractivity contribution in [2.75, 3.05) is 19.8 Å². The lowest BCUT2D eigenvalue weighted by Gasteiger charge is -2.08. The average Bonchev–Trinajstić information content (AvgIpc) is 2.55. The van der Waals surface area contributed by atoms with E-state index in [9.17, 15) is 14.7 Å². The Labute approximate surface area is 142 Å². The molecule has 0 unspecified atom stereocenters. The normalized spacial score (nSPS) is 10.6. The van der Waals surface area contributed by atoms with Crippen LogP contribution in [-0.4, -0.2) is 36.9 Å². The number of hydrogen-bond acceptors (Lipinski definition) is 6. The maximum Gasteiger partial charge on any atom is 0.330 e. The van der Waals surface area contributed by atoms with Crippen molar-refractivity contribution in [1.29, 1.82) is 0 Å². The third-order valence-corrected chi connectivity index (χ3v) is 3.03. The molecule has 0 saturated carbocycles. The van der Waals surface area contributed by atoms with Gasteiger partial charge in [0.2, 0.25) is 0 Å². The molecule has 0 radical (unpaired) electrons. The zero-order valence-electron chi connectivity index (χ0n) is 14.1. The minimum absolute atomic E-state index is 0.0465. The van der Waals surface area contributed by atoms with Gasteiger partial charge in [0.15, 0.2) is 0 Å². The Morgan fingerprint density at radius 2 is 1.88 bits per heavy atom. The van der Waals surface area contributed by atoms with E-state index in [1.54, 1.807) is 26.0 Å². The smallest absolute Gasteiger partial charge is 0.330 e. The number of phenols is 1. The van der Waals surface area contributed by atoms with E-state index in [-0.39, 0.29) is 11.7 Å². The van der Waals surface area contributed by atoms with Gasteiger partial charge in [-0.05, 0) is 51.0 Å². The molecule has 0 aromatic heterocycles. The lowest BCUT2D eigenvalue weighted by molar-refractivity contribution is -0.143. The van der Waals surface area contributed by atoms with Gasteiger partial charge in [-0.3, -0.25) is 4.79 Å². The van der Waals surface area contributed by atoms with Crippen molar-refractivity contribution in [3.63, 3.8) is 0 Å². The molecule has 24 heavy (non-hydrogen) atoms. The SMILES string of the molecule is CCOC(=O)C=Cc1cc(OCCCCC(=O)OCC)ccc1O. The first-order valence-corrected chi connectivity index (χ1v) is 8.03. The predicted molar refractivity (Wildman–Crippen MR) is 89.8 cm³/mol. The minimum atomic E-state index is -0.470. The van der Waals surface area contributed by atoms with E-state index >= 15 is 0 Å². The van der Waals surface area contributed by atoms with Crippen LogP contribution >= 0.6 is 0 Å². The number of esters is 2. The number of hydrogen-bond donors (Lipinski definition) is 1. The first kappa shape index (κ1) is 19.5. The second-order valence-electron chi connectivity index (χ2n) is 4.92. The van der Waals surface area contributed by atoms with Crippen LogP contribution < -0.4 is 4.74 Å². The van der Waals surface area contributed by atoms with Crippen LogP contribution in [-0.2, 0) is 19.1 Å². The fourth-order valence-electron chi connectivity index (χ4n) is 1.90. The lowest BCUT2D eigenvalue weighted by Crippen LogP contribution is -2.05. The van der Waals surface area contributed by atoms with Crippen LogP contribution in [0.3, 0.4) is 0 Å². The number of benzene rings is 1. The van der Waals surface area contributed by atoms with E-state index in [4.69, 9.17) is 14.2 Å². The zero-order chi connectivity index (χ0) is 17.8. The standard InChI is InChI=1S/C18H24O6/c1-3-22-17(20)7-5-6-12-24-15-9-10-16(19)14(13-15)8-11-18(21)23-4-2/h8-11,13,19H,3-7,12H2,1-2H3. The molecule has 6 nitrogen and oxygen atoms in total. The van der Waals surface area contributed by atoms with Gasteiger partial charge < -0.3 is 19.3 Å². The summed E-state index contributed by atoms with van der Waals surface area (Å²) >= 11 is 0. The summed E-state index contributed by atoms with van der Waals surface area (Å²) in [5, 5.41) is 9.79. The molecule has 6 heteroatoms. The molecule has 1 aromatic carbocycles. The molecular formula is C18H24O6. The van der Waals surface area contributed by atoms with E-state index in [2.05, 4.69) is 0 Å². The summed E-state index contributed by atoms with van der Waals surface area (Å²) in [6.07, 6.45) is 4.50. The van der Waals surface area contributed by atoms with Crippen LogP contribution in [0, 0.1) is 0 Å². The highest BCUT2D eigenvalue weighted by atomic mass is 16.5. The van der Waals surface area contributed by atoms with Crippen LogP contribution in [0.25, 0.3) is 6.08 Å². The van der Waals surface area contributed by atoms with Crippen molar-refractivity contribution in [1.82, 2.24) is 0 Å². The molecule has 0 saturated heterocycles. The molecule has 0 bridgehead atoms. The zero-order valence-corrected chi connectivity index (χ0v) is 14.1. The van der Waals surface area contributed by atoms with Crippen molar-refractivity contribution >= 4 is 18.0 Å². The summed E-state index contributed by atoms with van der Waals surface area (Å²) in [5.74, 6) is -0.0478. The van der Waals surface area contributed by atoms with Crippen LogP contribution in [0.5, 0.6) is 11.5 Å². The first-order valence-electron chi connectivity index (χ1n) is 8.03. The largest absolute Gasteiger partial charge is 0.507 e. The third-order valence-electron chi connectivity index (χ3n) is 3.03. The highest BCUT2D eigenvalue weighted by molar-refractivity contribution is 5.87. The number of unbranched alkanes of at least 4 members (excludes halogenated alkanes) is 1. The van der Waals surface area contributed by atoms with Gasteiger partial charge in [-0.2, -0.15) is 0 Å². The summed E-state index contributed by atoms with van der Waals surface area (Å²) in [6, 6.07) is 4.78. The molecule has 0 atom stereocenters. The molecule has 0 amide bonds. The van der Waals surface area contributed by atoms with Gasteiger partial charge in [0.25, 0.3) is 0 Å². The molecule has 0 aliphatic heterocycles. The van der Waals surface area contributed by atoms with Crippen molar-refractivity contribution in [3.05, 3.63) is 29.8 Å².